The second-order valence-electron chi connectivity index (χ2n) is 3.58. The summed E-state index contributed by atoms with van der Waals surface area (Å²) in [7, 11) is 0. The maximum absolute atomic E-state index is 5.95. The molecule has 0 saturated carbocycles. The molecule has 1 aromatic rings. The molecule has 14 heavy (non-hydrogen) atoms. The molecule has 1 fully saturated rings. The Balaban J connectivity index is 0.000000980. The topological polar surface area (TPSA) is 12.0 Å². The molecule has 0 amide bonds. The Kier molecular flexibility index (Phi) is 4.73. The monoisotopic (exact) mass is 231 g/mol. The first-order valence-corrected chi connectivity index (χ1v) is 5.20. The first kappa shape index (κ1) is 11.8. The lowest BCUT2D eigenvalue weighted by Gasteiger charge is -2.22. The van der Waals surface area contributed by atoms with Crippen LogP contribution in [0.1, 0.15) is 24.3 Å². The largest absolute Gasteiger partial charge is 0.317 e. The van der Waals surface area contributed by atoms with E-state index >= 15 is 0 Å². The second kappa shape index (κ2) is 5.59. The summed E-state index contributed by atoms with van der Waals surface area (Å²) in [6.07, 6.45) is 2.47. The van der Waals surface area contributed by atoms with E-state index in [1.165, 1.54) is 18.4 Å². The standard InChI is InChI=1S/C11H14ClN.ClH/c12-11-3-1-2-10(8-11)9-4-6-13-7-5-9;/h1-3,8-9,13H,4-7H2;1H. The first-order chi connectivity index (χ1) is 6.36. The Morgan fingerprint density at radius 3 is 2.57 bits per heavy atom. The van der Waals surface area contributed by atoms with Gasteiger partial charge in [-0.1, -0.05) is 23.7 Å². The van der Waals surface area contributed by atoms with Crippen molar-refractivity contribution >= 4 is 24.0 Å². The summed E-state index contributed by atoms with van der Waals surface area (Å²) in [6, 6.07) is 8.26. The number of nitrogens with one attached hydrogen (secondary N) is 1. The van der Waals surface area contributed by atoms with E-state index in [0.29, 0.717) is 5.92 Å². The molecule has 0 aromatic heterocycles. The van der Waals surface area contributed by atoms with Crippen molar-refractivity contribution in [2.45, 2.75) is 18.8 Å². The molecule has 0 atom stereocenters. The van der Waals surface area contributed by atoms with Gasteiger partial charge in [0.25, 0.3) is 0 Å². The van der Waals surface area contributed by atoms with Gasteiger partial charge in [-0.2, -0.15) is 0 Å². The van der Waals surface area contributed by atoms with Gasteiger partial charge in [0.05, 0.1) is 0 Å². The van der Waals surface area contributed by atoms with Gasteiger partial charge >= 0.3 is 0 Å². The van der Waals surface area contributed by atoms with Crippen LogP contribution in [0.15, 0.2) is 24.3 Å². The molecule has 1 aliphatic rings. The Bertz CT molecular complexity index is 282. The average Bonchev–Trinajstić information content (AvgIpc) is 2.19. The number of piperidine rings is 1. The zero-order valence-electron chi connectivity index (χ0n) is 8.00. The number of hydrogen-bond acceptors (Lipinski definition) is 1. The fraction of sp³-hybridized carbons (Fsp3) is 0.455. The van der Waals surface area contributed by atoms with E-state index in [2.05, 4.69) is 17.4 Å². The van der Waals surface area contributed by atoms with Crippen LogP contribution in [0.4, 0.5) is 0 Å². The lowest BCUT2D eigenvalue weighted by Crippen LogP contribution is -2.26. The van der Waals surface area contributed by atoms with Crippen molar-refractivity contribution in [3.05, 3.63) is 34.9 Å². The fourth-order valence-electron chi connectivity index (χ4n) is 1.92. The highest BCUT2D eigenvalue weighted by Gasteiger charge is 2.14. The van der Waals surface area contributed by atoms with Gasteiger partial charge in [-0.3, -0.25) is 0 Å². The summed E-state index contributed by atoms with van der Waals surface area (Å²) in [5, 5.41) is 4.22. The molecule has 1 aromatic carbocycles. The Morgan fingerprint density at radius 1 is 1.21 bits per heavy atom. The smallest absolute Gasteiger partial charge is 0.0408 e. The predicted octanol–water partition coefficient (Wildman–Crippen LogP) is 3.23. The van der Waals surface area contributed by atoms with E-state index in [0.717, 1.165) is 18.1 Å². The molecule has 3 heteroatoms. The van der Waals surface area contributed by atoms with Crippen molar-refractivity contribution in [2.24, 2.45) is 0 Å². The van der Waals surface area contributed by atoms with Crippen molar-refractivity contribution in [3.8, 4) is 0 Å². The van der Waals surface area contributed by atoms with Gasteiger partial charge in [-0.15, -0.1) is 12.4 Å². The molecular formula is C11H15Cl2N. The molecule has 0 radical (unpaired) electrons. The minimum absolute atomic E-state index is 0. The van der Waals surface area contributed by atoms with Crippen LogP contribution < -0.4 is 5.32 Å². The van der Waals surface area contributed by atoms with Crippen LogP contribution in [0, 0.1) is 0 Å². The van der Waals surface area contributed by atoms with Gasteiger partial charge < -0.3 is 5.32 Å². The Hall–Kier alpha value is -0.240. The molecule has 1 saturated heterocycles. The maximum atomic E-state index is 5.95. The van der Waals surface area contributed by atoms with Crippen LogP contribution in [0.25, 0.3) is 0 Å². The van der Waals surface area contributed by atoms with E-state index in [1.54, 1.807) is 0 Å². The summed E-state index contributed by atoms with van der Waals surface area (Å²) < 4.78 is 0. The van der Waals surface area contributed by atoms with Crippen molar-refractivity contribution in [1.29, 1.82) is 0 Å². The average molecular weight is 232 g/mol. The number of rotatable bonds is 1. The molecule has 1 heterocycles. The van der Waals surface area contributed by atoms with Gasteiger partial charge in [0.2, 0.25) is 0 Å². The third kappa shape index (κ3) is 2.88. The van der Waals surface area contributed by atoms with Crippen molar-refractivity contribution in [3.63, 3.8) is 0 Å². The lowest BCUT2D eigenvalue weighted by molar-refractivity contribution is 0.460. The molecule has 1 N–H and O–H groups in total. The Labute approximate surface area is 96.3 Å². The van der Waals surface area contributed by atoms with E-state index in [9.17, 15) is 0 Å². The van der Waals surface area contributed by atoms with Crippen LogP contribution >= 0.6 is 24.0 Å². The van der Waals surface area contributed by atoms with Crippen molar-refractivity contribution in [1.82, 2.24) is 5.32 Å². The van der Waals surface area contributed by atoms with E-state index < -0.39 is 0 Å². The van der Waals surface area contributed by atoms with Crippen LogP contribution in [0.5, 0.6) is 0 Å². The van der Waals surface area contributed by atoms with Gasteiger partial charge in [-0.25, -0.2) is 0 Å². The molecule has 2 rings (SSSR count). The summed E-state index contributed by atoms with van der Waals surface area (Å²) >= 11 is 5.95. The van der Waals surface area contributed by atoms with Crippen molar-refractivity contribution in [2.75, 3.05) is 13.1 Å². The molecule has 0 aliphatic carbocycles. The zero-order chi connectivity index (χ0) is 9.10. The number of benzene rings is 1. The lowest BCUT2D eigenvalue weighted by atomic mass is 9.90. The first-order valence-electron chi connectivity index (χ1n) is 4.82. The van der Waals surface area contributed by atoms with Crippen LogP contribution in [0.3, 0.4) is 0 Å². The minimum atomic E-state index is 0. The number of halogens is 2. The van der Waals surface area contributed by atoms with E-state index in [1.807, 2.05) is 12.1 Å². The van der Waals surface area contributed by atoms with Gasteiger partial charge in [-0.05, 0) is 49.5 Å². The molecule has 0 bridgehead atoms. The predicted molar refractivity (Wildman–Crippen MR) is 63.5 cm³/mol. The molecule has 1 aliphatic heterocycles. The van der Waals surface area contributed by atoms with Crippen LogP contribution in [0.2, 0.25) is 5.02 Å². The fourth-order valence-corrected chi connectivity index (χ4v) is 2.11. The van der Waals surface area contributed by atoms with Gasteiger partial charge in [0, 0.05) is 5.02 Å². The summed E-state index contributed by atoms with van der Waals surface area (Å²) in [4.78, 5) is 0. The van der Waals surface area contributed by atoms with E-state index in [4.69, 9.17) is 11.6 Å². The number of hydrogen-bond donors (Lipinski definition) is 1. The third-order valence-corrected chi connectivity index (χ3v) is 2.89. The van der Waals surface area contributed by atoms with Crippen LogP contribution in [-0.2, 0) is 0 Å². The van der Waals surface area contributed by atoms with Crippen molar-refractivity contribution < 1.29 is 0 Å². The highest BCUT2D eigenvalue weighted by atomic mass is 35.5. The molecule has 0 unspecified atom stereocenters. The highest BCUT2D eigenvalue weighted by molar-refractivity contribution is 6.30. The summed E-state index contributed by atoms with van der Waals surface area (Å²) in [5.74, 6) is 0.708. The van der Waals surface area contributed by atoms with Crippen LogP contribution in [-0.4, -0.2) is 13.1 Å². The summed E-state index contributed by atoms with van der Waals surface area (Å²) in [5.41, 5.74) is 1.40. The quantitative estimate of drug-likeness (QED) is 0.783. The SMILES string of the molecule is Cl.Clc1cccc(C2CCNCC2)c1. The maximum Gasteiger partial charge on any atom is 0.0408 e. The van der Waals surface area contributed by atoms with Gasteiger partial charge in [0.15, 0.2) is 0 Å². The highest BCUT2D eigenvalue weighted by Crippen LogP contribution is 2.26. The molecule has 78 valence electrons. The normalized spacial score (nSPS) is 17.5. The van der Waals surface area contributed by atoms with E-state index in [-0.39, 0.29) is 12.4 Å². The minimum Gasteiger partial charge on any atom is -0.317 e. The zero-order valence-corrected chi connectivity index (χ0v) is 9.57. The summed E-state index contributed by atoms with van der Waals surface area (Å²) in [6.45, 7) is 2.27. The molecule has 1 nitrogen and oxygen atoms in total. The Morgan fingerprint density at radius 2 is 1.93 bits per heavy atom. The molecule has 0 spiro atoms. The second-order valence-corrected chi connectivity index (χ2v) is 4.02. The third-order valence-electron chi connectivity index (χ3n) is 2.66. The molecular weight excluding hydrogens is 217 g/mol. The van der Waals surface area contributed by atoms with Gasteiger partial charge in [0.1, 0.15) is 0 Å².